The quantitative estimate of drug-likeness (QED) is 0.794. The zero-order valence-corrected chi connectivity index (χ0v) is 13.4. The molecule has 0 saturated carbocycles. The van der Waals surface area contributed by atoms with Gasteiger partial charge in [-0.25, -0.2) is 0 Å². The van der Waals surface area contributed by atoms with Gasteiger partial charge in [0.2, 0.25) is 5.91 Å². The number of amides is 2. The fraction of sp³-hybridized carbons (Fsp3) is 0.429. The summed E-state index contributed by atoms with van der Waals surface area (Å²) in [5, 5.41) is 2.77. The normalized spacial score (nSPS) is 18.6. The van der Waals surface area contributed by atoms with Gasteiger partial charge in [0.1, 0.15) is 11.8 Å². The first-order valence-corrected chi connectivity index (χ1v) is 7.65. The number of hydrogen-bond acceptors (Lipinski definition) is 3. The number of carbonyl (C=O) groups excluding carboxylic acids is 2. The second kappa shape index (κ2) is 6.92. The molecule has 2 amide bonds. The highest BCUT2D eigenvalue weighted by molar-refractivity contribution is 14.1. The molecule has 108 valence electrons. The highest BCUT2D eigenvalue weighted by atomic mass is 127. The molecule has 0 aromatic heterocycles. The smallest absolute Gasteiger partial charge is 0.261 e. The van der Waals surface area contributed by atoms with E-state index in [1.54, 1.807) is 4.90 Å². The molecule has 6 heteroatoms. The average molecular weight is 388 g/mol. The van der Waals surface area contributed by atoms with E-state index in [-0.39, 0.29) is 24.5 Å². The first-order valence-electron chi connectivity index (χ1n) is 6.57. The molecule has 0 radical (unpaired) electrons. The summed E-state index contributed by atoms with van der Waals surface area (Å²) in [6.07, 6.45) is 0.612. The number of benzene rings is 1. The average Bonchev–Trinajstić information content (AvgIpc) is 2.46. The van der Waals surface area contributed by atoms with Gasteiger partial charge in [0.15, 0.2) is 6.61 Å². The topological polar surface area (TPSA) is 58.6 Å². The third-order valence-corrected chi connectivity index (χ3v) is 3.93. The van der Waals surface area contributed by atoms with E-state index in [0.29, 0.717) is 25.3 Å². The lowest BCUT2D eigenvalue weighted by atomic mass is 10.1. The van der Waals surface area contributed by atoms with Gasteiger partial charge in [-0.15, -0.1) is 0 Å². The van der Waals surface area contributed by atoms with Crippen molar-refractivity contribution in [3.63, 3.8) is 0 Å². The van der Waals surface area contributed by atoms with Crippen molar-refractivity contribution in [2.24, 2.45) is 0 Å². The van der Waals surface area contributed by atoms with E-state index in [1.807, 2.05) is 31.2 Å². The van der Waals surface area contributed by atoms with E-state index in [0.717, 1.165) is 3.57 Å². The van der Waals surface area contributed by atoms with E-state index in [1.165, 1.54) is 0 Å². The molecule has 1 unspecified atom stereocenters. The van der Waals surface area contributed by atoms with Crippen molar-refractivity contribution in [3.05, 3.63) is 27.8 Å². The molecule has 5 nitrogen and oxygen atoms in total. The van der Waals surface area contributed by atoms with Crippen LogP contribution in [0, 0.1) is 3.57 Å². The summed E-state index contributed by atoms with van der Waals surface area (Å²) < 4.78 is 6.59. The van der Waals surface area contributed by atoms with Crippen molar-refractivity contribution < 1.29 is 14.3 Å². The number of piperazine rings is 1. The standard InChI is InChI=1S/C14H17IN2O3/c1-2-12-14(19)16-7-8-17(12)13(18)9-20-11-5-3-10(15)4-6-11/h3-6,12H,2,7-9H2,1H3,(H,16,19). The minimum Gasteiger partial charge on any atom is -0.484 e. The second-order valence-electron chi connectivity index (χ2n) is 4.54. The van der Waals surface area contributed by atoms with Crippen molar-refractivity contribution in [1.29, 1.82) is 0 Å². The maximum Gasteiger partial charge on any atom is 0.261 e. The first-order chi connectivity index (χ1) is 9.61. The van der Waals surface area contributed by atoms with Crippen LogP contribution in [-0.2, 0) is 9.59 Å². The highest BCUT2D eigenvalue weighted by Crippen LogP contribution is 2.14. The van der Waals surface area contributed by atoms with Crippen molar-refractivity contribution in [2.75, 3.05) is 19.7 Å². The molecule has 1 N–H and O–H groups in total. The summed E-state index contributed by atoms with van der Waals surface area (Å²) in [4.78, 5) is 25.5. The van der Waals surface area contributed by atoms with Crippen molar-refractivity contribution >= 4 is 34.4 Å². The predicted molar refractivity (Wildman–Crippen MR) is 83.5 cm³/mol. The minimum absolute atomic E-state index is 0.0373. The van der Waals surface area contributed by atoms with Crippen LogP contribution in [0.5, 0.6) is 5.75 Å². The molecule has 1 fully saturated rings. The summed E-state index contributed by atoms with van der Waals surface area (Å²) in [6, 6.07) is 7.12. The number of nitrogens with one attached hydrogen (secondary N) is 1. The third-order valence-electron chi connectivity index (χ3n) is 3.21. The molecule has 1 heterocycles. The van der Waals surface area contributed by atoms with Crippen LogP contribution in [0.25, 0.3) is 0 Å². The largest absolute Gasteiger partial charge is 0.484 e. The van der Waals surface area contributed by atoms with Gasteiger partial charge in [0.05, 0.1) is 0 Å². The maximum absolute atomic E-state index is 12.2. The summed E-state index contributed by atoms with van der Waals surface area (Å²) >= 11 is 2.21. The van der Waals surface area contributed by atoms with Gasteiger partial charge in [-0.05, 0) is 53.3 Å². The van der Waals surface area contributed by atoms with Crippen LogP contribution in [0.3, 0.4) is 0 Å². The minimum atomic E-state index is -0.378. The third kappa shape index (κ3) is 3.62. The van der Waals surface area contributed by atoms with Crippen molar-refractivity contribution in [1.82, 2.24) is 10.2 Å². The Hall–Kier alpha value is -1.31. The van der Waals surface area contributed by atoms with Gasteiger partial charge in [-0.3, -0.25) is 9.59 Å². The van der Waals surface area contributed by atoms with Gasteiger partial charge >= 0.3 is 0 Å². The molecule has 0 aliphatic carbocycles. The Morgan fingerprint density at radius 1 is 1.45 bits per heavy atom. The Kier molecular flexibility index (Phi) is 5.22. The maximum atomic E-state index is 12.2. The van der Waals surface area contributed by atoms with E-state index in [2.05, 4.69) is 27.9 Å². The van der Waals surface area contributed by atoms with Gasteiger partial charge < -0.3 is 15.0 Å². The Balaban J connectivity index is 1.93. The monoisotopic (exact) mass is 388 g/mol. The number of hydrogen-bond donors (Lipinski definition) is 1. The molecule has 1 aliphatic rings. The molecule has 1 aromatic carbocycles. The zero-order chi connectivity index (χ0) is 14.5. The summed E-state index contributed by atoms with van der Waals surface area (Å²) in [5.74, 6) is 0.430. The number of ether oxygens (including phenoxy) is 1. The van der Waals surface area contributed by atoms with Gasteiger partial charge in [-0.1, -0.05) is 6.92 Å². The van der Waals surface area contributed by atoms with E-state index in [9.17, 15) is 9.59 Å². The molecular formula is C14H17IN2O3. The molecule has 1 atom stereocenters. The lowest BCUT2D eigenvalue weighted by Gasteiger charge is -2.34. The molecule has 1 saturated heterocycles. The van der Waals surface area contributed by atoms with E-state index >= 15 is 0 Å². The van der Waals surface area contributed by atoms with Gasteiger partial charge in [0, 0.05) is 16.7 Å². The lowest BCUT2D eigenvalue weighted by Crippen LogP contribution is -2.57. The van der Waals surface area contributed by atoms with Crippen molar-refractivity contribution in [2.45, 2.75) is 19.4 Å². The number of nitrogens with zero attached hydrogens (tertiary/aromatic N) is 1. The molecule has 0 spiro atoms. The number of halogens is 1. The lowest BCUT2D eigenvalue weighted by molar-refractivity contribution is -0.144. The van der Waals surface area contributed by atoms with Gasteiger partial charge in [0.25, 0.3) is 5.91 Å². The molecular weight excluding hydrogens is 371 g/mol. The first kappa shape index (κ1) is 15.1. The summed E-state index contributed by atoms with van der Waals surface area (Å²) in [7, 11) is 0. The molecule has 2 rings (SSSR count). The Morgan fingerprint density at radius 3 is 2.80 bits per heavy atom. The second-order valence-corrected chi connectivity index (χ2v) is 5.79. The van der Waals surface area contributed by atoms with Crippen LogP contribution < -0.4 is 10.1 Å². The number of rotatable bonds is 4. The van der Waals surface area contributed by atoms with Gasteiger partial charge in [-0.2, -0.15) is 0 Å². The fourth-order valence-corrected chi connectivity index (χ4v) is 2.54. The van der Waals surface area contributed by atoms with Crippen LogP contribution in [-0.4, -0.2) is 42.5 Å². The summed E-state index contributed by atoms with van der Waals surface area (Å²) in [6.45, 7) is 2.91. The van der Waals surface area contributed by atoms with Crippen LogP contribution in [0.15, 0.2) is 24.3 Å². The summed E-state index contributed by atoms with van der Waals surface area (Å²) in [5.41, 5.74) is 0. The van der Waals surface area contributed by atoms with Crippen LogP contribution in [0.2, 0.25) is 0 Å². The zero-order valence-electron chi connectivity index (χ0n) is 11.3. The molecule has 0 bridgehead atoms. The van der Waals surface area contributed by atoms with Crippen LogP contribution in [0.4, 0.5) is 0 Å². The predicted octanol–water partition coefficient (Wildman–Crippen LogP) is 1.41. The number of carbonyl (C=O) groups is 2. The van der Waals surface area contributed by atoms with Crippen LogP contribution >= 0.6 is 22.6 Å². The SMILES string of the molecule is CCC1C(=O)NCCN1C(=O)COc1ccc(I)cc1. The van der Waals surface area contributed by atoms with E-state index < -0.39 is 0 Å². The molecule has 1 aromatic rings. The Bertz CT molecular complexity index is 490. The highest BCUT2D eigenvalue weighted by Gasteiger charge is 2.31. The Labute approximate surface area is 131 Å². The van der Waals surface area contributed by atoms with E-state index in [4.69, 9.17) is 4.74 Å². The van der Waals surface area contributed by atoms with Crippen LogP contribution in [0.1, 0.15) is 13.3 Å². The molecule has 1 aliphatic heterocycles. The Morgan fingerprint density at radius 2 is 2.15 bits per heavy atom. The molecule has 20 heavy (non-hydrogen) atoms. The fourth-order valence-electron chi connectivity index (χ4n) is 2.18. The van der Waals surface area contributed by atoms with Crippen molar-refractivity contribution in [3.8, 4) is 5.75 Å².